The van der Waals surface area contributed by atoms with Crippen LogP contribution in [-0.2, 0) is 0 Å². The van der Waals surface area contributed by atoms with Gasteiger partial charge in [0.2, 0.25) is 0 Å². The molecule has 0 bridgehead atoms. The third-order valence-corrected chi connectivity index (χ3v) is 2.29. The van der Waals surface area contributed by atoms with Crippen LogP contribution in [0.2, 0.25) is 0 Å². The number of nitrogens with zero attached hydrogens (tertiary/aromatic N) is 2. The van der Waals surface area contributed by atoms with Crippen molar-refractivity contribution in [2.75, 3.05) is 0 Å². The van der Waals surface area contributed by atoms with Crippen LogP contribution in [-0.4, -0.2) is 16.0 Å². The first-order valence-electron chi connectivity index (χ1n) is 3.58. The molecule has 0 radical (unpaired) electrons. The van der Waals surface area contributed by atoms with Gasteiger partial charge in [-0.15, -0.1) is 0 Å². The summed E-state index contributed by atoms with van der Waals surface area (Å²) < 4.78 is 0.216. The fourth-order valence-corrected chi connectivity index (χ4v) is 1.40. The molecule has 0 spiro atoms. The molecule has 1 aromatic rings. The SMILES string of the molecule is N#Cc1cc([N+](=O)[O-])c(C(=O)O)cc1Br. The molecule has 7 heteroatoms. The quantitative estimate of drug-likeness (QED) is 0.653. The Bertz CT molecular complexity index is 492. The minimum atomic E-state index is -1.41. The zero-order valence-electron chi connectivity index (χ0n) is 7.10. The highest BCUT2D eigenvalue weighted by Gasteiger charge is 2.22. The second-order valence-corrected chi connectivity index (χ2v) is 3.38. The lowest BCUT2D eigenvalue weighted by Gasteiger charge is -2.00. The van der Waals surface area contributed by atoms with Gasteiger partial charge < -0.3 is 5.11 Å². The summed E-state index contributed by atoms with van der Waals surface area (Å²) >= 11 is 2.95. The van der Waals surface area contributed by atoms with Gasteiger partial charge in [0.25, 0.3) is 5.69 Å². The van der Waals surface area contributed by atoms with Crippen molar-refractivity contribution in [2.24, 2.45) is 0 Å². The molecule has 6 nitrogen and oxygen atoms in total. The lowest BCUT2D eigenvalue weighted by molar-refractivity contribution is -0.385. The Balaban J connectivity index is 3.54. The zero-order chi connectivity index (χ0) is 11.6. The third kappa shape index (κ3) is 2.11. The van der Waals surface area contributed by atoms with Crippen molar-refractivity contribution in [2.45, 2.75) is 0 Å². The maximum atomic E-state index is 10.7. The van der Waals surface area contributed by atoms with Crippen molar-refractivity contribution in [1.29, 1.82) is 5.26 Å². The molecular formula is C8H3BrN2O4. The van der Waals surface area contributed by atoms with E-state index < -0.39 is 22.1 Å². The molecule has 0 saturated carbocycles. The van der Waals surface area contributed by atoms with Gasteiger partial charge in [0.15, 0.2) is 0 Å². The number of carbonyl (C=O) groups is 1. The van der Waals surface area contributed by atoms with E-state index in [1.165, 1.54) is 0 Å². The van der Waals surface area contributed by atoms with Gasteiger partial charge in [-0.2, -0.15) is 5.26 Å². The summed E-state index contributed by atoms with van der Waals surface area (Å²) in [6.45, 7) is 0. The number of nitro groups is 1. The van der Waals surface area contributed by atoms with E-state index in [0.717, 1.165) is 12.1 Å². The number of carboxylic acid groups (broad SMARTS) is 1. The Morgan fingerprint density at radius 1 is 1.60 bits per heavy atom. The lowest BCUT2D eigenvalue weighted by atomic mass is 10.1. The highest BCUT2D eigenvalue weighted by Crippen LogP contribution is 2.26. The molecule has 0 aliphatic heterocycles. The van der Waals surface area contributed by atoms with Crippen molar-refractivity contribution in [1.82, 2.24) is 0 Å². The number of halogens is 1. The summed E-state index contributed by atoms with van der Waals surface area (Å²) in [5.74, 6) is -1.41. The number of rotatable bonds is 2. The summed E-state index contributed by atoms with van der Waals surface area (Å²) in [7, 11) is 0. The fourth-order valence-electron chi connectivity index (χ4n) is 0.970. The number of aromatic carboxylic acids is 1. The maximum absolute atomic E-state index is 10.7. The Morgan fingerprint density at radius 3 is 2.60 bits per heavy atom. The van der Waals surface area contributed by atoms with E-state index in [9.17, 15) is 14.9 Å². The third-order valence-electron chi connectivity index (χ3n) is 1.63. The Morgan fingerprint density at radius 2 is 2.20 bits per heavy atom. The molecule has 1 N–H and O–H groups in total. The van der Waals surface area contributed by atoms with E-state index in [2.05, 4.69) is 15.9 Å². The lowest BCUT2D eigenvalue weighted by Crippen LogP contribution is -2.03. The van der Waals surface area contributed by atoms with Crippen LogP contribution in [0.15, 0.2) is 16.6 Å². The van der Waals surface area contributed by atoms with Crippen molar-refractivity contribution in [3.8, 4) is 6.07 Å². The Kier molecular flexibility index (Phi) is 3.01. The zero-order valence-corrected chi connectivity index (χ0v) is 8.69. The number of carboxylic acids is 1. The summed E-state index contributed by atoms with van der Waals surface area (Å²) in [6, 6.07) is 3.68. The summed E-state index contributed by atoms with van der Waals surface area (Å²) in [4.78, 5) is 20.4. The first kappa shape index (κ1) is 11.1. The molecule has 0 aromatic heterocycles. The molecule has 0 heterocycles. The smallest absolute Gasteiger partial charge is 0.342 e. The summed E-state index contributed by atoms with van der Waals surface area (Å²) in [5, 5.41) is 27.8. The first-order chi connectivity index (χ1) is 6.97. The van der Waals surface area contributed by atoms with E-state index >= 15 is 0 Å². The number of hydrogen-bond acceptors (Lipinski definition) is 4. The van der Waals surface area contributed by atoms with Gasteiger partial charge in [-0.1, -0.05) is 0 Å². The molecule has 0 saturated heterocycles. The van der Waals surface area contributed by atoms with Gasteiger partial charge in [0, 0.05) is 10.5 Å². The van der Waals surface area contributed by atoms with Crippen molar-refractivity contribution in [3.05, 3.63) is 37.8 Å². The van der Waals surface area contributed by atoms with E-state index in [1.807, 2.05) is 0 Å². The molecule has 76 valence electrons. The molecule has 0 unspecified atom stereocenters. The first-order valence-corrected chi connectivity index (χ1v) is 4.38. The monoisotopic (exact) mass is 270 g/mol. The second-order valence-electron chi connectivity index (χ2n) is 2.52. The number of nitro benzene ring substituents is 1. The highest BCUT2D eigenvalue weighted by atomic mass is 79.9. The van der Waals surface area contributed by atoms with Crippen LogP contribution in [0.1, 0.15) is 15.9 Å². The molecule has 1 rings (SSSR count). The van der Waals surface area contributed by atoms with Crippen molar-refractivity contribution >= 4 is 27.6 Å². The Hall–Kier alpha value is -1.94. The van der Waals surface area contributed by atoms with Gasteiger partial charge >= 0.3 is 5.97 Å². The van der Waals surface area contributed by atoms with Crippen molar-refractivity contribution in [3.63, 3.8) is 0 Å². The maximum Gasteiger partial charge on any atom is 0.342 e. The van der Waals surface area contributed by atoms with E-state index in [4.69, 9.17) is 10.4 Å². The van der Waals surface area contributed by atoms with Gasteiger partial charge in [-0.25, -0.2) is 4.79 Å². The number of hydrogen-bond donors (Lipinski definition) is 1. The standard InChI is InChI=1S/C8H3BrN2O4/c9-6-2-5(8(12)13)7(11(14)15)1-4(6)3-10/h1-2H,(H,12,13). The van der Waals surface area contributed by atoms with Crippen LogP contribution in [0.25, 0.3) is 0 Å². The molecule has 0 aliphatic rings. The van der Waals surface area contributed by atoms with Crippen LogP contribution in [0, 0.1) is 21.4 Å². The topological polar surface area (TPSA) is 104 Å². The molecule has 0 aliphatic carbocycles. The second kappa shape index (κ2) is 4.06. The highest BCUT2D eigenvalue weighted by molar-refractivity contribution is 9.10. The van der Waals surface area contributed by atoms with Gasteiger partial charge in [0.1, 0.15) is 11.6 Å². The van der Waals surface area contributed by atoms with E-state index in [0.29, 0.717) is 0 Å². The van der Waals surface area contributed by atoms with Gasteiger partial charge in [-0.3, -0.25) is 10.1 Å². The Labute approximate surface area is 92.0 Å². The molecule has 0 amide bonds. The van der Waals surface area contributed by atoms with Crippen molar-refractivity contribution < 1.29 is 14.8 Å². The average molecular weight is 271 g/mol. The minimum Gasteiger partial charge on any atom is -0.477 e. The molecule has 1 aromatic carbocycles. The van der Waals surface area contributed by atoms with Crippen LogP contribution in [0.5, 0.6) is 0 Å². The van der Waals surface area contributed by atoms with E-state index in [-0.39, 0.29) is 10.0 Å². The van der Waals surface area contributed by atoms with Crippen LogP contribution in [0.4, 0.5) is 5.69 Å². The summed E-state index contributed by atoms with van der Waals surface area (Å²) in [5.41, 5.74) is -1.03. The minimum absolute atomic E-state index is 0.0201. The van der Waals surface area contributed by atoms with Gasteiger partial charge in [-0.05, 0) is 22.0 Å². The number of nitriles is 1. The average Bonchev–Trinajstić information content (AvgIpc) is 2.16. The molecule has 0 fully saturated rings. The van der Waals surface area contributed by atoms with E-state index in [1.54, 1.807) is 6.07 Å². The van der Waals surface area contributed by atoms with Gasteiger partial charge in [0.05, 0.1) is 10.5 Å². The largest absolute Gasteiger partial charge is 0.477 e. The molecule has 0 atom stereocenters. The van der Waals surface area contributed by atoms with Crippen LogP contribution < -0.4 is 0 Å². The molecular weight excluding hydrogens is 268 g/mol. The fraction of sp³-hybridized carbons (Fsp3) is 0. The normalized spacial score (nSPS) is 9.33. The molecule has 15 heavy (non-hydrogen) atoms. The number of benzene rings is 1. The van der Waals surface area contributed by atoms with Crippen LogP contribution >= 0.6 is 15.9 Å². The predicted octanol–water partition coefficient (Wildman–Crippen LogP) is 1.93. The predicted molar refractivity (Wildman–Crippen MR) is 52.5 cm³/mol. The van der Waals surface area contributed by atoms with Crippen LogP contribution in [0.3, 0.4) is 0 Å². The summed E-state index contributed by atoms with van der Waals surface area (Å²) in [6.07, 6.45) is 0.